The Labute approximate surface area is 338 Å². The quantitative estimate of drug-likeness (QED) is 0.0851. The summed E-state index contributed by atoms with van der Waals surface area (Å²) in [6, 6.07) is 19.6. The van der Waals surface area contributed by atoms with E-state index in [0.29, 0.717) is 26.1 Å². The van der Waals surface area contributed by atoms with E-state index in [1.165, 1.54) is 11.3 Å². The van der Waals surface area contributed by atoms with Crippen LogP contribution in [0, 0.1) is 11.3 Å². The number of amides is 5. The zero-order chi connectivity index (χ0) is 41.1. The summed E-state index contributed by atoms with van der Waals surface area (Å²) in [5.74, 6) is -1.18. The number of benzene rings is 2. The van der Waals surface area contributed by atoms with E-state index in [0.717, 1.165) is 27.4 Å². The first-order valence-electron chi connectivity index (χ1n) is 19.2. The standard InChI is InChI=1S/C42H54N8O6S/c1-6-28(2)35(50-21-20-48(41(50)56)25-32-27-57-39(44-32)31-18-13-19-43-23-31)37(52)45-33(22-29-14-9-7-10-15-29)34(51)26-49(24-30-16-11-8-12-17-30)47-38(53)36(42(3,4)5)46-40(54)55/h7-19,23,27-28,33-36,46,51H,6,20-22,24-26H2,1-5H3,(H,45,52)(H,47,53)(H,54,55)/t28-,33-,34-,35-,36+/m0/s1. The predicted octanol–water partition coefficient (Wildman–Crippen LogP) is 5.16. The van der Waals surface area contributed by atoms with E-state index in [9.17, 15) is 29.4 Å². The van der Waals surface area contributed by atoms with Gasteiger partial charge in [0, 0.05) is 49.5 Å². The SMILES string of the molecule is CC[C@H](C)[C@@H](C(=O)N[C@@H](Cc1ccccc1)[C@@H](O)CN(Cc1ccccc1)NC(=O)[C@@H](NC(=O)O)C(C)(C)C)N1CCN(Cc2csc(-c3cccnc3)n2)C1=O. The molecule has 14 nitrogen and oxygen atoms in total. The van der Waals surface area contributed by atoms with Crippen LogP contribution in [0.1, 0.15) is 57.9 Å². The number of nitrogens with one attached hydrogen (secondary N) is 3. The van der Waals surface area contributed by atoms with Crippen molar-refractivity contribution in [3.63, 3.8) is 0 Å². The first kappa shape index (κ1) is 42.8. The highest BCUT2D eigenvalue weighted by molar-refractivity contribution is 7.13. The average Bonchev–Trinajstić information content (AvgIpc) is 3.80. The molecule has 304 valence electrons. The van der Waals surface area contributed by atoms with Gasteiger partial charge in [0.05, 0.1) is 24.4 Å². The number of carboxylic acid groups (broad SMARTS) is 1. The molecule has 5 rings (SSSR count). The molecule has 0 bridgehead atoms. The highest BCUT2D eigenvalue weighted by atomic mass is 32.1. The smallest absolute Gasteiger partial charge is 0.405 e. The number of urea groups is 1. The number of rotatable bonds is 18. The Kier molecular flexibility index (Phi) is 14.7. The molecule has 5 amide bonds. The van der Waals surface area contributed by atoms with Crippen molar-refractivity contribution in [3.05, 3.63) is 107 Å². The lowest BCUT2D eigenvalue weighted by Crippen LogP contribution is -2.60. The molecule has 5 atom stereocenters. The van der Waals surface area contributed by atoms with Crippen molar-refractivity contribution >= 4 is 35.3 Å². The van der Waals surface area contributed by atoms with Crippen molar-refractivity contribution in [2.75, 3.05) is 19.6 Å². The molecule has 15 heteroatoms. The van der Waals surface area contributed by atoms with Crippen LogP contribution < -0.4 is 16.1 Å². The Morgan fingerprint density at radius 3 is 2.25 bits per heavy atom. The zero-order valence-corrected chi connectivity index (χ0v) is 34.0. The monoisotopic (exact) mass is 798 g/mol. The van der Waals surface area contributed by atoms with Crippen LogP contribution in [-0.2, 0) is 29.1 Å². The van der Waals surface area contributed by atoms with Gasteiger partial charge in [0.25, 0.3) is 5.91 Å². The van der Waals surface area contributed by atoms with Gasteiger partial charge < -0.3 is 30.6 Å². The molecule has 0 radical (unpaired) electrons. The zero-order valence-electron chi connectivity index (χ0n) is 33.2. The van der Waals surface area contributed by atoms with E-state index in [1.807, 2.05) is 92.0 Å². The lowest BCUT2D eigenvalue weighted by Gasteiger charge is -2.36. The fraction of sp³-hybridized carbons (Fsp3) is 0.429. The third-order valence-corrected chi connectivity index (χ3v) is 11.0. The summed E-state index contributed by atoms with van der Waals surface area (Å²) in [5.41, 5.74) is 5.45. The molecule has 1 fully saturated rings. The predicted molar refractivity (Wildman–Crippen MR) is 219 cm³/mol. The van der Waals surface area contributed by atoms with Gasteiger partial charge in [-0.15, -0.1) is 11.3 Å². The Bertz CT molecular complexity index is 1930. The molecule has 1 aliphatic heterocycles. The lowest BCUT2D eigenvalue weighted by atomic mass is 9.86. The molecular formula is C42H54N8O6S. The number of carbonyl (C=O) groups is 4. The molecule has 4 aromatic rings. The number of aliphatic hydroxyl groups is 1. The summed E-state index contributed by atoms with van der Waals surface area (Å²) in [5, 5.41) is 31.2. The van der Waals surface area contributed by atoms with Crippen LogP contribution in [0.15, 0.2) is 90.6 Å². The molecular weight excluding hydrogens is 745 g/mol. The molecule has 0 aliphatic carbocycles. The van der Waals surface area contributed by atoms with Gasteiger partial charge in [-0.3, -0.25) is 20.0 Å². The molecule has 2 aromatic carbocycles. The van der Waals surface area contributed by atoms with Crippen LogP contribution in [-0.4, -0.2) is 103 Å². The molecule has 2 aromatic heterocycles. The van der Waals surface area contributed by atoms with E-state index >= 15 is 0 Å². The van der Waals surface area contributed by atoms with Gasteiger partial charge in [-0.25, -0.2) is 19.6 Å². The molecule has 0 saturated carbocycles. The van der Waals surface area contributed by atoms with Crippen LogP contribution >= 0.6 is 11.3 Å². The summed E-state index contributed by atoms with van der Waals surface area (Å²) >= 11 is 1.49. The van der Waals surface area contributed by atoms with Gasteiger partial charge >= 0.3 is 12.1 Å². The van der Waals surface area contributed by atoms with Gasteiger partial charge in [0.2, 0.25) is 5.91 Å². The Morgan fingerprint density at radius 2 is 1.63 bits per heavy atom. The molecule has 1 aliphatic rings. The Balaban J connectivity index is 1.35. The second kappa shape index (κ2) is 19.7. The van der Waals surface area contributed by atoms with Crippen LogP contribution in [0.25, 0.3) is 10.6 Å². The average molecular weight is 799 g/mol. The topological polar surface area (TPSA) is 180 Å². The van der Waals surface area contributed by atoms with E-state index < -0.39 is 41.6 Å². The first-order valence-corrected chi connectivity index (χ1v) is 20.1. The Hall–Kier alpha value is -5.38. The second-order valence-corrected chi connectivity index (χ2v) is 16.4. The number of aromatic nitrogens is 2. The van der Waals surface area contributed by atoms with Crippen molar-refractivity contribution in [2.24, 2.45) is 11.3 Å². The van der Waals surface area contributed by atoms with E-state index in [-0.39, 0.29) is 37.4 Å². The maximum absolute atomic E-state index is 14.5. The number of pyridine rings is 1. The highest BCUT2D eigenvalue weighted by Crippen LogP contribution is 2.27. The number of thiazole rings is 1. The number of carbonyl (C=O) groups excluding carboxylic acids is 3. The normalized spacial score (nSPS) is 15.8. The van der Waals surface area contributed by atoms with Gasteiger partial charge in [-0.05, 0) is 41.0 Å². The fourth-order valence-corrected chi connectivity index (χ4v) is 7.68. The third kappa shape index (κ3) is 11.8. The maximum atomic E-state index is 14.5. The molecule has 57 heavy (non-hydrogen) atoms. The van der Waals surface area contributed by atoms with E-state index in [2.05, 4.69) is 21.0 Å². The third-order valence-electron chi connectivity index (χ3n) is 10.1. The number of nitrogens with zero attached hydrogens (tertiary/aromatic N) is 5. The molecule has 1 saturated heterocycles. The van der Waals surface area contributed by atoms with Crippen molar-refractivity contribution in [3.8, 4) is 10.6 Å². The summed E-state index contributed by atoms with van der Waals surface area (Å²) < 4.78 is 0. The molecule has 3 heterocycles. The summed E-state index contributed by atoms with van der Waals surface area (Å²) in [6.45, 7) is 10.3. The van der Waals surface area contributed by atoms with Gasteiger partial charge in [0.1, 0.15) is 17.1 Å². The minimum absolute atomic E-state index is 0.110. The first-order chi connectivity index (χ1) is 27.2. The van der Waals surface area contributed by atoms with E-state index in [4.69, 9.17) is 4.98 Å². The number of hydrazine groups is 1. The summed E-state index contributed by atoms with van der Waals surface area (Å²) in [6.07, 6.45) is 1.81. The van der Waals surface area contributed by atoms with Crippen molar-refractivity contribution in [2.45, 2.75) is 84.8 Å². The molecule has 0 unspecified atom stereocenters. The molecule has 5 N–H and O–H groups in total. The van der Waals surface area contributed by atoms with Gasteiger partial charge in [-0.2, -0.15) is 0 Å². The number of aliphatic hydroxyl groups excluding tert-OH is 1. The second-order valence-electron chi connectivity index (χ2n) is 15.6. The fourth-order valence-electron chi connectivity index (χ4n) is 6.88. The minimum atomic E-state index is -1.33. The van der Waals surface area contributed by atoms with Crippen LogP contribution in [0.4, 0.5) is 9.59 Å². The van der Waals surface area contributed by atoms with Crippen LogP contribution in [0.5, 0.6) is 0 Å². The van der Waals surface area contributed by atoms with Gasteiger partial charge in [0.15, 0.2) is 0 Å². The summed E-state index contributed by atoms with van der Waals surface area (Å²) in [4.78, 5) is 66.0. The number of hydrogen-bond donors (Lipinski definition) is 5. The minimum Gasteiger partial charge on any atom is -0.465 e. The lowest BCUT2D eigenvalue weighted by molar-refractivity contribution is -0.132. The van der Waals surface area contributed by atoms with Gasteiger partial charge in [-0.1, -0.05) is 102 Å². The Morgan fingerprint density at radius 1 is 0.947 bits per heavy atom. The largest absolute Gasteiger partial charge is 0.465 e. The maximum Gasteiger partial charge on any atom is 0.405 e. The van der Waals surface area contributed by atoms with Crippen molar-refractivity contribution in [1.29, 1.82) is 0 Å². The van der Waals surface area contributed by atoms with Crippen LogP contribution in [0.2, 0.25) is 0 Å². The number of hydrogen-bond acceptors (Lipinski definition) is 9. The van der Waals surface area contributed by atoms with E-state index in [1.54, 1.807) is 48.0 Å². The molecule has 0 spiro atoms. The summed E-state index contributed by atoms with van der Waals surface area (Å²) in [7, 11) is 0. The van der Waals surface area contributed by atoms with Crippen molar-refractivity contribution in [1.82, 2.24) is 40.8 Å². The highest BCUT2D eigenvalue weighted by Gasteiger charge is 2.41. The van der Waals surface area contributed by atoms with Crippen molar-refractivity contribution < 1.29 is 29.4 Å². The van der Waals surface area contributed by atoms with Crippen LogP contribution in [0.3, 0.4) is 0 Å².